The summed E-state index contributed by atoms with van der Waals surface area (Å²) in [5, 5.41) is 8.42. The van der Waals surface area contributed by atoms with E-state index in [4.69, 9.17) is 9.52 Å². The van der Waals surface area contributed by atoms with E-state index in [2.05, 4.69) is 0 Å². The van der Waals surface area contributed by atoms with Crippen LogP contribution in [0, 0.1) is 0 Å². The average molecular weight is 342 g/mol. The van der Waals surface area contributed by atoms with Crippen LogP contribution in [0.5, 0.6) is 0 Å². The molecule has 1 unspecified atom stereocenters. The predicted octanol–water partition coefficient (Wildman–Crippen LogP) is 0.753. The zero-order valence-electron chi connectivity index (χ0n) is 12.5. The third kappa shape index (κ3) is 2.86. The van der Waals surface area contributed by atoms with Crippen LogP contribution >= 0.6 is 0 Å². The van der Waals surface area contributed by atoms with E-state index in [-0.39, 0.29) is 12.5 Å². The van der Waals surface area contributed by atoms with Crippen molar-refractivity contribution < 1.29 is 27.5 Å². The normalized spacial score (nSPS) is 22.6. The second kappa shape index (κ2) is 5.97. The van der Waals surface area contributed by atoms with E-state index in [1.807, 2.05) is 0 Å². The first-order valence-corrected chi connectivity index (χ1v) is 8.99. The maximum Gasteiger partial charge on any atom is 0.371 e. The lowest BCUT2D eigenvalue weighted by atomic mass is 10.2. The van der Waals surface area contributed by atoms with Crippen molar-refractivity contribution in [1.82, 2.24) is 9.21 Å². The van der Waals surface area contributed by atoms with Crippen LogP contribution in [-0.4, -0.2) is 60.3 Å². The van der Waals surface area contributed by atoms with Crippen LogP contribution in [0.3, 0.4) is 0 Å². The van der Waals surface area contributed by atoms with Gasteiger partial charge in [0.2, 0.25) is 16.8 Å². The molecular formula is C14H18N2O6S. The number of rotatable bonds is 4. The molecule has 0 aliphatic carbocycles. The quantitative estimate of drug-likeness (QED) is 0.865. The predicted molar refractivity (Wildman–Crippen MR) is 78.4 cm³/mol. The molecule has 2 fully saturated rings. The van der Waals surface area contributed by atoms with Gasteiger partial charge in [0.15, 0.2) is 0 Å². The van der Waals surface area contributed by atoms with Crippen molar-refractivity contribution in [3.63, 3.8) is 0 Å². The fourth-order valence-electron chi connectivity index (χ4n) is 3.11. The van der Waals surface area contributed by atoms with E-state index >= 15 is 0 Å². The Labute approximate surface area is 133 Å². The summed E-state index contributed by atoms with van der Waals surface area (Å²) in [6.07, 6.45) is 2.94. The minimum Gasteiger partial charge on any atom is -0.475 e. The maximum absolute atomic E-state index is 12.7. The number of likely N-dealkylation sites (tertiary alicyclic amines) is 1. The molecule has 1 aromatic rings. The number of amides is 1. The van der Waals surface area contributed by atoms with Crippen molar-refractivity contribution in [2.75, 3.05) is 19.6 Å². The molecular weight excluding hydrogens is 324 g/mol. The average Bonchev–Trinajstić information content (AvgIpc) is 3.25. The monoisotopic (exact) mass is 342 g/mol. The van der Waals surface area contributed by atoms with Crippen molar-refractivity contribution >= 4 is 21.9 Å². The first-order valence-electron chi connectivity index (χ1n) is 7.55. The van der Waals surface area contributed by atoms with Crippen LogP contribution in [0.4, 0.5) is 0 Å². The molecule has 126 valence electrons. The topological polar surface area (TPSA) is 108 Å². The Morgan fingerprint density at radius 3 is 2.43 bits per heavy atom. The highest BCUT2D eigenvalue weighted by Crippen LogP contribution is 2.29. The SMILES string of the molecule is O=C(O)c1ccc(S(=O)(=O)N2CCCC2C(=O)N2CCCC2)o1. The third-order valence-corrected chi connectivity index (χ3v) is 6.04. The molecule has 1 N–H and O–H groups in total. The van der Waals surface area contributed by atoms with Gasteiger partial charge in [0.05, 0.1) is 0 Å². The van der Waals surface area contributed by atoms with Gasteiger partial charge in [-0.2, -0.15) is 4.31 Å². The summed E-state index contributed by atoms with van der Waals surface area (Å²) in [7, 11) is -4.02. The minimum absolute atomic E-state index is 0.173. The summed E-state index contributed by atoms with van der Waals surface area (Å²) in [5.41, 5.74) is 0. The summed E-state index contributed by atoms with van der Waals surface area (Å²) < 4.78 is 31.4. The summed E-state index contributed by atoms with van der Waals surface area (Å²) in [4.78, 5) is 25.1. The number of aromatic carboxylic acids is 1. The maximum atomic E-state index is 12.7. The fourth-order valence-corrected chi connectivity index (χ4v) is 4.68. The van der Waals surface area contributed by atoms with E-state index in [0.717, 1.165) is 29.3 Å². The molecule has 2 saturated heterocycles. The Bertz CT molecular complexity index is 719. The third-order valence-electron chi connectivity index (χ3n) is 4.26. The van der Waals surface area contributed by atoms with Gasteiger partial charge >= 0.3 is 5.97 Å². The summed E-state index contributed by atoms with van der Waals surface area (Å²) in [5.74, 6) is -1.95. The number of carbonyl (C=O) groups is 2. The van der Waals surface area contributed by atoms with E-state index in [1.54, 1.807) is 4.90 Å². The van der Waals surface area contributed by atoms with Gasteiger partial charge in [0.25, 0.3) is 10.0 Å². The highest BCUT2D eigenvalue weighted by atomic mass is 32.2. The van der Waals surface area contributed by atoms with Gasteiger partial charge in [-0.25, -0.2) is 13.2 Å². The molecule has 1 atom stereocenters. The zero-order chi connectivity index (χ0) is 16.6. The number of furan rings is 1. The molecule has 3 rings (SSSR count). The van der Waals surface area contributed by atoms with Crippen LogP contribution in [-0.2, 0) is 14.8 Å². The van der Waals surface area contributed by atoms with Crippen molar-refractivity contribution in [2.24, 2.45) is 0 Å². The summed E-state index contributed by atoms with van der Waals surface area (Å²) in [6, 6.07) is 1.49. The Kier molecular flexibility index (Phi) is 4.15. The molecule has 0 spiro atoms. The second-order valence-corrected chi connectivity index (χ2v) is 7.55. The second-order valence-electron chi connectivity index (χ2n) is 5.73. The lowest BCUT2D eigenvalue weighted by Crippen LogP contribution is -2.46. The van der Waals surface area contributed by atoms with Crippen molar-refractivity contribution in [2.45, 2.75) is 36.8 Å². The fraction of sp³-hybridized carbons (Fsp3) is 0.571. The van der Waals surface area contributed by atoms with E-state index < -0.39 is 32.9 Å². The van der Waals surface area contributed by atoms with Gasteiger partial charge in [-0.3, -0.25) is 4.79 Å². The first kappa shape index (κ1) is 16.0. The molecule has 0 radical (unpaired) electrons. The number of carboxylic acid groups (broad SMARTS) is 1. The zero-order valence-corrected chi connectivity index (χ0v) is 13.3. The number of hydrogen-bond donors (Lipinski definition) is 1. The van der Waals surface area contributed by atoms with Gasteiger partial charge < -0.3 is 14.4 Å². The molecule has 1 aromatic heterocycles. The first-order chi connectivity index (χ1) is 10.9. The number of carboxylic acids is 1. The standard InChI is InChI=1S/C14H18N2O6S/c17-13(15-7-1-2-8-15)10-4-3-9-16(10)23(20,21)12-6-5-11(22-12)14(18)19/h5-6,10H,1-4,7-9H2,(H,18,19). The van der Waals surface area contributed by atoms with Crippen LogP contribution in [0.2, 0.25) is 0 Å². The van der Waals surface area contributed by atoms with E-state index in [0.29, 0.717) is 25.9 Å². The van der Waals surface area contributed by atoms with Crippen LogP contribution in [0.1, 0.15) is 36.2 Å². The molecule has 2 aliphatic heterocycles. The molecule has 1 amide bonds. The Hall–Kier alpha value is -1.87. The summed E-state index contributed by atoms with van der Waals surface area (Å²) in [6.45, 7) is 1.55. The summed E-state index contributed by atoms with van der Waals surface area (Å²) >= 11 is 0. The van der Waals surface area contributed by atoms with Crippen LogP contribution < -0.4 is 0 Å². The van der Waals surface area contributed by atoms with Gasteiger partial charge in [0.1, 0.15) is 6.04 Å². The van der Waals surface area contributed by atoms with Crippen LogP contribution in [0.25, 0.3) is 0 Å². The van der Waals surface area contributed by atoms with Gasteiger partial charge in [-0.15, -0.1) is 0 Å². The molecule has 8 nitrogen and oxygen atoms in total. The molecule has 9 heteroatoms. The smallest absolute Gasteiger partial charge is 0.371 e. The van der Waals surface area contributed by atoms with Crippen molar-refractivity contribution in [3.05, 3.63) is 17.9 Å². The molecule has 0 aromatic carbocycles. The number of sulfonamides is 1. The van der Waals surface area contributed by atoms with Crippen LogP contribution in [0.15, 0.2) is 21.6 Å². The number of hydrogen-bond acceptors (Lipinski definition) is 5. The van der Waals surface area contributed by atoms with Gasteiger partial charge in [-0.05, 0) is 37.8 Å². The molecule has 0 saturated carbocycles. The number of nitrogens with zero attached hydrogens (tertiary/aromatic N) is 2. The minimum atomic E-state index is -4.02. The number of carbonyl (C=O) groups excluding carboxylic acids is 1. The highest BCUT2D eigenvalue weighted by Gasteiger charge is 2.42. The van der Waals surface area contributed by atoms with Crippen molar-refractivity contribution in [3.8, 4) is 0 Å². The largest absolute Gasteiger partial charge is 0.475 e. The molecule has 0 bridgehead atoms. The molecule has 23 heavy (non-hydrogen) atoms. The van der Waals surface area contributed by atoms with Crippen molar-refractivity contribution in [1.29, 1.82) is 0 Å². The lowest BCUT2D eigenvalue weighted by Gasteiger charge is -2.26. The van der Waals surface area contributed by atoms with E-state index in [9.17, 15) is 18.0 Å². The van der Waals surface area contributed by atoms with Gasteiger partial charge in [-0.1, -0.05) is 0 Å². The lowest BCUT2D eigenvalue weighted by molar-refractivity contribution is -0.133. The Morgan fingerprint density at radius 2 is 1.83 bits per heavy atom. The highest BCUT2D eigenvalue weighted by molar-refractivity contribution is 7.89. The van der Waals surface area contributed by atoms with E-state index in [1.165, 1.54) is 0 Å². The Balaban J connectivity index is 1.85. The molecule has 3 heterocycles. The Morgan fingerprint density at radius 1 is 1.13 bits per heavy atom. The molecule has 2 aliphatic rings. The van der Waals surface area contributed by atoms with Gasteiger partial charge in [0, 0.05) is 19.6 Å².